The van der Waals surface area contributed by atoms with Gasteiger partial charge in [0.15, 0.2) is 0 Å². The van der Waals surface area contributed by atoms with Gasteiger partial charge >= 0.3 is 0 Å². The Morgan fingerprint density at radius 2 is 1.74 bits per heavy atom. The number of carbonyl (C=O) groups excluding carboxylic acids is 1. The normalized spacial score (nSPS) is 12.5. The Labute approximate surface area is 188 Å². The van der Waals surface area contributed by atoms with E-state index >= 15 is 0 Å². The number of para-hydroxylation sites is 1. The Hall–Kier alpha value is -3.11. The zero-order valence-corrected chi connectivity index (χ0v) is 18.7. The zero-order valence-electron chi connectivity index (χ0n) is 17.9. The molecular formula is C26H28ClN3O. The SMILES string of the molecule is CCC(C)C(=O)N=c1cccc2c(c1)[nH]c1c(NCCc3ccccc3)cccc12.Cl. The van der Waals surface area contributed by atoms with Gasteiger partial charge in [0.05, 0.1) is 16.6 Å². The topological polar surface area (TPSA) is 57.2 Å². The molecule has 0 fully saturated rings. The summed E-state index contributed by atoms with van der Waals surface area (Å²) in [6.45, 7) is 4.78. The Balaban J connectivity index is 0.00000272. The maximum Gasteiger partial charge on any atom is 0.249 e. The second-order valence-corrected chi connectivity index (χ2v) is 7.70. The molecule has 4 nitrogen and oxygen atoms in total. The fourth-order valence-corrected chi connectivity index (χ4v) is 3.61. The largest absolute Gasteiger partial charge is 0.383 e. The smallest absolute Gasteiger partial charge is 0.249 e. The Kier molecular flexibility index (Phi) is 7.48. The first kappa shape index (κ1) is 22.6. The molecule has 1 amide bonds. The molecule has 1 atom stereocenters. The van der Waals surface area contributed by atoms with Gasteiger partial charge in [-0.1, -0.05) is 68.4 Å². The molecular weight excluding hydrogens is 406 g/mol. The monoisotopic (exact) mass is 433 g/mol. The molecule has 3 aromatic carbocycles. The van der Waals surface area contributed by atoms with Gasteiger partial charge in [0.1, 0.15) is 0 Å². The number of nitrogens with zero attached hydrogens (tertiary/aromatic N) is 1. The van der Waals surface area contributed by atoms with E-state index in [9.17, 15) is 4.79 Å². The van der Waals surface area contributed by atoms with Gasteiger partial charge in [-0.3, -0.25) is 4.79 Å². The van der Waals surface area contributed by atoms with Crippen LogP contribution in [0.1, 0.15) is 25.8 Å². The number of aromatic amines is 1. The first-order valence-corrected chi connectivity index (χ1v) is 10.6. The third-order valence-corrected chi connectivity index (χ3v) is 5.57. The van der Waals surface area contributed by atoms with Crippen molar-refractivity contribution >= 4 is 45.8 Å². The van der Waals surface area contributed by atoms with Crippen molar-refractivity contribution < 1.29 is 4.79 Å². The summed E-state index contributed by atoms with van der Waals surface area (Å²) in [5.74, 6) is -0.134. The standard InChI is InChI=1S/C26H27N3O.ClH/c1-3-18(2)26(30)28-20-11-7-12-21-22-13-8-14-23(25(22)29-24(21)17-20)27-16-15-19-9-5-4-6-10-19;/h4-14,17-18,27,29H,3,15-16H2,1-2H3;1H. The molecule has 2 N–H and O–H groups in total. The lowest BCUT2D eigenvalue weighted by molar-refractivity contribution is -0.121. The summed E-state index contributed by atoms with van der Waals surface area (Å²) in [5, 5.41) is 6.52. The fourth-order valence-electron chi connectivity index (χ4n) is 3.61. The fraction of sp³-hybridized carbons (Fsp3) is 0.231. The van der Waals surface area contributed by atoms with E-state index in [-0.39, 0.29) is 24.2 Å². The number of benzene rings is 2. The number of hydrogen-bond donors (Lipinski definition) is 2. The maximum absolute atomic E-state index is 12.3. The van der Waals surface area contributed by atoms with Crippen LogP contribution in [0.25, 0.3) is 21.8 Å². The highest BCUT2D eigenvalue weighted by molar-refractivity contribution is 6.10. The van der Waals surface area contributed by atoms with Crippen molar-refractivity contribution in [3.63, 3.8) is 0 Å². The molecule has 0 saturated carbocycles. The molecule has 4 rings (SSSR count). The van der Waals surface area contributed by atoms with E-state index in [2.05, 4.69) is 63.8 Å². The van der Waals surface area contributed by atoms with E-state index in [0.717, 1.165) is 46.9 Å². The number of hydrogen-bond acceptors (Lipinski definition) is 2. The van der Waals surface area contributed by atoms with Gasteiger partial charge in [-0.25, -0.2) is 4.99 Å². The molecule has 0 bridgehead atoms. The van der Waals surface area contributed by atoms with Crippen molar-refractivity contribution in [2.45, 2.75) is 26.7 Å². The van der Waals surface area contributed by atoms with Crippen LogP contribution in [-0.4, -0.2) is 17.4 Å². The van der Waals surface area contributed by atoms with Crippen LogP contribution in [0, 0.1) is 5.92 Å². The molecule has 1 aromatic heterocycles. The molecule has 31 heavy (non-hydrogen) atoms. The van der Waals surface area contributed by atoms with Gasteiger partial charge in [0, 0.05) is 28.8 Å². The Morgan fingerprint density at radius 1 is 1.00 bits per heavy atom. The summed E-state index contributed by atoms with van der Waals surface area (Å²) in [6, 6.07) is 24.7. The van der Waals surface area contributed by atoms with Crippen LogP contribution in [0.3, 0.4) is 0 Å². The van der Waals surface area contributed by atoms with E-state index in [4.69, 9.17) is 0 Å². The molecule has 0 radical (unpaired) electrons. The van der Waals surface area contributed by atoms with Gasteiger partial charge in [-0.15, -0.1) is 12.4 Å². The highest BCUT2D eigenvalue weighted by Gasteiger charge is 2.09. The quantitative estimate of drug-likeness (QED) is 0.399. The summed E-state index contributed by atoms with van der Waals surface area (Å²) in [5.41, 5.74) is 4.45. The number of fused-ring (bicyclic) bond motifs is 3. The van der Waals surface area contributed by atoms with E-state index in [0.29, 0.717) is 5.36 Å². The minimum atomic E-state index is -0.0729. The Bertz CT molecular complexity index is 1250. The number of rotatable bonds is 6. The first-order valence-electron chi connectivity index (χ1n) is 10.6. The summed E-state index contributed by atoms with van der Waals surface area (Å²) in [6.07, 6.45) is 1.76. The van der Waals surface area contributed by atoms with Crippen molar-refractivity contribution in [2.75, 3.05) is 11.9 Å². The number of nitrogens with one attached hydrogen (secondary N) is 2. The molecule has 160 valence electrons. The summed E-state index contributed by atoms with van der Waals surface area (Å²) < 4.78 is 0. The lowest BCUT2D eigenvalue weighted by Crippen LogP contribution is -2.11. The average molecular weight is 434 g/mol. The number of halogens is 1. The molecule has 0 aliphatic rings. The minimum Gasteiger partial charge on any atom is -0.383 e. The van der Waals surface area contributed by atoms with Crippen molar-refractivity contribution in [3.05, 3.63) is 83.7 Å². The van der Waals surface area contributed by atoms with Crippen LogP contribution in [0.5, 0.6) is 0 Å². The molecule has 0 saturated heterocycles. The zero-order chi connectivity index (χ0) is 20.9. The molecule has 1 heterocycles. The van der Waals surface area contributed by atoms with E-state index < -0.39 is 0 Å². The van der Waals surface area contributed by atoms with Crippen molar-refractivity contribution in [1.82, 2.24) is 4.98 Å². The predicted molar refractivity (Wildman–Crippen MR) is 132 cm³/mol. The van der Waals surface area contributed by atoms with Gasteiger partial charge in [0.2, 0.25) is 5.91 Å². The maximum atomic E-state index is 12.3. The number of anilines is 1. The molecule has 5 heteroatoms. The second-order valence-electron chi connectivity index (χ2n) is 7.70. The lowest BCUT2D eigenvalue weighted by Gasteiger charge is -2.08. The molecule has 0 aliphatic carbocycles. The van der Waals surface area contributed by atoms with Crippen molar-refractivity contribution in [2.24, 2.45) is 10.9 Å². The number of carbonyl (C=O) groups is 1. The van der Waals surface area contributed by atoms with Gasteiger partial charge < -0.3 is 10.3 Å². The lowest BCUT2D eigenvalue weighted by atomic mass is 10.1. The van der Waals surface area contributed by atoms with Crippen LogP contribution in [0.4, 0.5) is 5.69 Å². The highest BCUT2D eigenvalue weighted by atomic mass is 35.5. The predicted octanol–water partition coefficient (Wildman–Crippen LogP) is 5.87. The van der Waals surface area contributed by atoms with Gasteiger partial charge in [-0.2, -0.15) is 0 Å². The summed E-state index contributed by atoms with van der Waals surface area (Å²) in [7, 11) is 0. The third-order valence-electron chi connectivity index (χ3n) is 5.57. The molecule has 4 aromatic rings. The molecule has 0 spiro atoms. The van der Waals surface area contributed by atoms with Crippen molar-refractivity contribution in [1.29, 1.82) is 0 Å². The number of amides is 1. The summed E-state index contributed by atoms with van der Waals surface area (Å²) in [4.78, 5) is 20.1. The highest BCUT2D eigenvalue weighted by Crippen LogP contribution is 2.29. The van der Waals surface area contributed by atoms with Crippen LogP contribution in [0.2, 0.25) is 0 Å². The van der Waals surface area contributed by atoms with E-state index in [1.54, 1.807) is 0 Å². The van der Waals surface area contributed by atoms with Crippen LogP contribution in [-0.2, 0) is 11.2 Å². The number of aromatic nitrogens is 1. The van der Waals surface area contributed by atoms with Crippen LogP contribution >= 0.6 is 12.4 Å². The van der Waals surface area contributed by atoms with Crippen LogP contribution in [0.15, 0.2) is 77.8 Å². The van der Waals surface area contributed by atoms with Crippen LogP contribution < -0.4 is 10.7 Å². The second kappa shape index (κ2) is 10.3. The van der Waals surface area contributed by atoms with Gasteiger partial charge in [0.25, 0.3) is 0 Å². The minimum absolute atomic E-state index is 0. The number of H-pyrrole nitrogens is 1. The Morgan fingerprint density at radius 3 is 2.52 bits per heavy atom. The van der Waals surface area contributed by atoms with Crippen molar-refractivity contribution in [3.8, 4) is 0 Å². The van der Waals surface area contributed by atoms with Gasteiger partial charge in [-0.05, 0) is 36.6 Å². The summed E-state index contributed by atoms with van der Waals surface area (Å²) >= 11 is 0. The average Bonchev–Trinajstić information content (AvgIpc) is 2.99. The van der Waals surface area contributed by atoms with E-state index in [1.807, 2.05) is 38.1 Å². The molecule has 0 aliphatic heterocycles. The van der Waals surface area contributed by atoms with E-state index in [1.165, 1.54) is 5.56 Å². The first-order chi connectivity index (χ1) is 14.7. The third kappa shape index (κ3) is 5.15. The molecule has 1 unspecified atom stereocenters.